The molecule has 0 unspecified atom stereocenters. The quantitative estimate of drug-likeness (QED) is 0.309. The summed E-state index contributed by atoms with van der Waals surface area (Å²) in [6, 6.07) is 4.10. The van der Waals surface area contributed by atoms with E-state index in [2.05, 4.69) is 22.2 Å². The van der Waals surface area contributed by atoms with Gasteiger partial charge in [-0.15, -0.1) is 11.7 Å². The van der Waals surface area contributed by atoms with Gasteiger partial charge >= 0.3 is 6.18 Å². The largest absolute Gasteiger partial charge is 0.491 e. The number of allylic oxidation sites excluding steroid dienone is 1. The molecular weight excluding hydrogens is 493 g/mol. The van der Waals surface area contributed by atoms with Gasteiger partial charge in [-0.1, -0.05) is 11.3 Å². The zero-order valence-corrected chi connectivity index (χ0v) is 20.2. The maximum atomic E-state index is 12.5. The number of carbonyl (C=O) groups excluding carboxylic acids is 3. The number of benzene rings is 1. The van der Waals surface area contributed by atoms with Crippen molar-refractivity contribution in [2.24, 2.45) is 0 Å². The average Bonchev–Trinajstić information content (AvgIpc) is 3.51. The summed E-state index contributed by atoms with van der Waals surface area (Å²) in [5.74, 6) is -1.04. The van der Waals surface area contributed by atoms with E-state index >= 15 is 0 Å². The van der Waals surface area contributed by atoms with Crippen LogP contribution in [0, 0.1) is 0 Å². The van der Waals surface area contributed by atoms with Crippen LogP contribution in [0.2, 0.25) is 0 Å². The molecule has 10 nitrogen and oxygen atoms in total. The summed E-state index contributed by atoms with van der Waals surface area (Å²) < 4.78 is 44.5. The van der Waals surface area contributed by atoms with Crippen LogP contribution in [0.25, 0.3) is 5.69 Å². The molecule has 37 heavy (non-hydrogen) atoms. The van der Waals surface area contributed by atoms with Gasteiger partial charge in [-0.3, -0.25) is 14.4 Å². The molecule has 1 fully saturated rings. The molecule has 3 rings (SSSR count). The van der Waals surface area contributed by atoms with E-state index in [-0.39, 0.29) is 29.5 Å². The summed E-state index contributed by atoms with van der Waals surface area (Å²) in [6.45, 7) is 4.10. The number of rotatable bonds is 13. The maximum absolute atomic E-state index is 12.5. The van der Waals surface area contributed by atoms with Crippen molar-refractivity contribution in [1.29, 1.82) is 0 Å². The third kappa shape index (κ3) is 8.33. The van der Waals surface area contributed by atoms with Gasteiger partial charge in [-0.25, -0.2) is 4.68 Å². The Kier molecular flexibility index (Phi) is 9.64. The van der Waals surface area contributed by atoms with E-state index in [9.17, 15) is 27.6 Å². The second kappa shape index (κ2) is 12.9. The van der Waals surface area contributed by atoms with Gasteiger partial charge in [0.15, 0.2) is 5.69 Å². The summed E-state index contributed by atoms with van der Waals surface area (Å²) in [5, 5.41) is 12.4. The highest BCUT2D eigenvalue weighted by atomic mass is 19.4. The highest BCUT2D eigenvalue weighted by molar-refractivity contribution is 5.95. The Morgan fingerprint density at radius 3 is 2.70 bits per heavy atom. The third-order valence-electron chi connectivity index (χ3n) is 5.52. The molecule has 1 saturated heterocycles. The van der Waals surface area contributed by atoms with Gasteiger partial charge in [0.25, 0.3) is 11.8 Å². The second-order valence-corrected chi connectivity index (χ2v) is 8.40. The number of unbranched alkanes of at least 4 members (excludes halogenated alkanes) is 1. The van der Waals surface area contributed by atoms with Crippen LogP contribution in [-0.2, 0) is 4.79 Å². The monoisotopic (exact) mass is 522 g/mol. The molecule has 1 aromatic heterocycles. The van der Waals surface area contributed by atoms with Gasteiger partial charge in [0.1, 0.15) is 18.0 Å². The predicted octanol–water partition coefficient (Wildman–Crippen LogP) is 2.65. The van der Waals surface area contributed by atoms with Crippen LogP contribution < -0.4 is 15.4 Å². The molecule has 0 saturated carbocycles. The molecule has 2 N–H and O–H groups in total. The van der Waals surface area contributed by atoms with E-state index < -0.39 is 24.5 Å². The molecule has 0 aliphatic carbocycles. The van der Waals surface area contributed by atoms with Crippen molar-refractivity contribution in [2.75, 3.05) is 32.8 Å². The fourth-order valence-electron chi connectivity index (χ4n) is 3.64. The van der Waals surface area contributed by atoms with Gasteiger partial charge in [0.2, 0.25) is 5.91 Å². The fourth-order valence-corrected chi connectivity index (χ4v) is 3.64. The molecular formula is C24H29F3N6O4. The Balaban J connectivity index is 1.66. The molecule has 0 radical (unpaired) electrons. The minimum Gasteiger partial charge on any atom is -0.491 e. The highest BCUT2D eigenvalue weighted by Crippen LogP contribution is 2.25. The Labute approximate surface area is 211 Å². The first kappa shape index (κ1) is 27.7. The number of nitrogens with one attached hydrogen (secondary N) is 2. The smallest absolute Gasteiger partial charge is 0.405 e. The first-order valence-electron chi connectivity index (χ1n) is 11.9. The fraction of sp³-hybridized carbons (Fsp3) is 0.458. The lowest BCUT2D eigenvalue weighted by Crippen LogP contribution is -2.33. The molecule has 1 aliphatic heterocycles. The number of alkyl halides is 3. The van der Waals surface area contributed by atoms with Crippen molar-refractivity contribution in [3.8, 4) is 11.4 Å². The lowest BCUT2D eigenvalue weighted by Gasteiger charge is -2.15. The van der Waals surface area contributed by atoms with Crippen molar-refractivity contribution in [3.63, 3.8) is 0 Å². The maximum Gasteiger partial charge on any atom is 0.405 e. The molecule has 2 aromatic rings. The van der Waals surface area contributed by atoms with Crippen molar-refractivity contribution < 1.29 is 32.3 Å². The van der Waals surface area contributed by atoms with Gasteiger partial charge in [-0.05, 0) is 43.9 Å². The molecule has 200 valence electrons. The second-order valence-electron chi connectivity index (χ2n) is 8.40. The number of hydrogen-bond acceptors (Lipinski definition) is 6. The molecule has 3 amide bonds. The minimum absolute atomic E-state index is 0.0266. The summed E-state index contributed by atoms with van der Waals surface area (Å²) in [5.41, 5.74) is 0.369. The summed E-state index contributed by atoms with van der Waals surface area (Å²) >= 11 is 0. The Hall–Kier alpha value is -3.90. The van der Waals surface area contributed by atoms with Crippen LogP contribution in [0.15, 0.2) is 37.1 Å². The van der Waals surface area contributed by atoms with Crippen LogP contribution in [0.4, 0.5) is 13.2 Å². The van der Waals surface area contributed by atoms with Crippen molar-refractivity contribution in [2.45, 2.75) is 38.3 Å². The van der Waals surface area contributed by atoms with E-state index in [0.717, 1.165) is 13.0 Å². The summed E-state index contributed by atoms with van der Waals surface area (Å²) in [7, 11) is 0. The van der Waals surface area contributed by atoms with Crippen LogP contribution in [0.5, 0.6) is 5.75 Å². The summed E-state index contributed by atoms with van der Waals surface area (Å²) in [6.07, 6.45) is 1.89. The van der Waals surface area contributed by atoms with Crippen molar-refractivity contribution in [1.82, 2.24) is 30.5 Å². The van der Waals surface area contributed by atoms with Gasteiger partial charge in [-0.2, -0.15) is 13.2 Å². The van der Waals surface area contributed by atoms with E-state index in [1.807, 2.05) is 5.32 Å². The zero-order valence-electron chi connectivity index (χ0n) is 20.2. The number of amides is 3. The minimum atomic E-state index is -4.54. The molecule has 0 bridgehead atoms. The van der Waals surface area contributed by atoms with Crippen molar-refractivity contribution in [3.05, 3.63) is 48.3 Å². The number of ether oxygens (including phenoxy) is 1. The zero-order chi connectivity index (χ0) is 26.8. The van der Waals surface area contributed by atoms with E-state index in [1.165, 1.54) is 29.1 Å². The Bertz CT molecular complexity index is 1120. The lowest BCUT2D eigenvalue weighted by molar-refractivity contribution is -0.127. The van der Waals surface area contributed by atoms with Crippen LogP contribution in [0.3, 0.4) is 0 Å². The number of carbonyl (C=O) groups is 3. The van der Waals surface area contributed by atoms with E-state index in [1.54, 1.807) is 11.0 Å². The van der Waals surface area contributed by atoms with Gasteiger partial charge in [0.05, 0.1) is 12.8 Å². The molecule has 1 aromatic carbocycles. The van der Waals surface area contributed by atoms with Crippen LogP contribution >= 0.6 is 0 Å². The lowest BCUT2D eigenvalue weighted by atomic mass is 10.1. The Morgan fingerprint density at radius 1 is 1.19 bits per heavy atom. The third-order valence-corrected chi connectivity index (χ3v) is 5.52. The highest BCUT2D eigenvalue weighted by Gasteiger charge is 2.28. The van der Waals surface area contributed by atoms with Crippen molar-refractivity contribution >= 4 is 17.7 Å². The molecule has 13 heteroatoms. The first-order valence-corrected chi connectivity index (χ1v) is 11.9. The van der Waals surface area contributed by atoms with E-state index in [4.69, 9.17) is 4.74 Å². The number of nitrogens with zero attached hydrogens (tertiary/aromatic N) is 4. The van der Waals surface area contributed by atoms with Crippen LogP contribution in [0.1, 0.15) is 53.0 Å². The SMILES string of the molecule is C=CCCCOc1cc(C(=O)NCC(F)(F)F)ccc1-n1cc(C(=O)NCCCN2CCCC2=O)nn1. The standard InChI is InChI=1S/C24H29F3N6O4/c1-2-3-4-13-37-20-14-17(22(35)29-16-24(25,26)27)8-9-19(20)33-15-18(30-31-33)23(36)28-10-6-12-32-11-5-7-21(32)34/h2,8-9,14-15H,1,3-7,10-13,16H2,(H,28,36)(H,29,35). The topological polar surface area (TPSA) is 118 Å². The number of hydrogen-bond donors (Lipinski definition) is 2. The number of likely N-dealkylation sites (tertiary alicyclic amines) is 1. The molecule has 0 spiro atoms. The average molecular weight is 523 g/mol. The van der Waals surface area contributed by atoms with Gasteiger partial charge < -0.3 is 20.3 Å². The number of aromatic nitrogens is 3. The molecule has 2 heterocycles. The normalized spacial score (nSPS) is 13.5. The predicted molar refractivity (Wildman–Crippen MR) is 127 cm³/mol. The Morgan fingerprint density at radius 2 is 2.00 bits per heavy atom. The van der Waals surface area contributed by atoms with Gasteiger partial charge in [0, 0.05) is 31.6 Å². The van der Waals surface area contributed by atoms with E-state index in [0.29, 0.717) is 44.5 Å². The number of halogens is 3. The van der Waals surface area contributed by atoms with Crippen LogP contribution in [-0.4, -0.2) is 76.6 Å². The summed E-state index contributed by atoms with van der Waals surface area (Å²) in [4.78, 5) is 38.1. The molecule has 0 atom stereocenters. The first-order chi connectivity index (χ1) is 17.7. The molecule has 1 aliphatic rings.